The predicted octanol–water partition coefficient (Wildman–Crippen LogP) is 2.86. The maximum atomic E-state index is 11.8. The fraction of sp³-hybridized carbons (Fsp3) is 0.471. The zero-order valence-corrected chi connectivity index (χ0v) is 14.6. The van der Waals surface area contributed by atoms with Crippen molar-refractivity contribution in [2.24, 2.45) is 5.41 Å². The average molecular weight is 333 g/mol. The molecule has 0 radical (unpaired) electrons. The molecule has 0 saturated carbocycles. The predicted molar refractivity (Wildman–Crippen MR) is 93.2 cm³/mol. The van der Waals surface area contributed by atoms with Crippen LogP contribution < -0.4 is 10.6 Å². The molecule has 1 heterocycles. The molecule has 6 heteroatoms. The lowest BCUT2D eigenvalue weighted by Gasteiger charge is -2.17. The van der Waals surface area contributed by atoms with Crippen molar-refractivity contribution in [3.05, 3.63) is 29.3 Å². The minimum atomic E-state index is -0.394. The third-order valence-corrected chi connectivity index (χ3v) is 4.36. The van der Waals surface area contributed by atoms with E-state index in [0.717, 1.165) is 15.2 Å². The second-order valence-corrected chi connectivity index (χ2v) is 7.58. The minimum absolute atomic E-state index is 0.00684. The highest BCUT2D eigenvalue weighted by molar-refractivity contribution is 7.18. The lowest BCUT2D eigenvalue weighted by molar-refractivity contribution is -0.128. The molecule has 0 aliphatic rings. The van der Waals surface area contributed by atoms with Crippen LogP contribution in [-0.2, 0) is 16.1 Å². The van der Waals surface area contributed by atoms with Gasteiger partial charge in [-0.25, -0.2) is 4.98 Å². The highest BCUT2D eigenvalue weighted by Gasteiger charge is 2.20. The lowest BCUT2D eigenvalue weighted by atomic mass is 9.96. The molecule has 2 amide bonds. The molecule has 0 unspecified atom stereocenters. The van der Waals surface area contributed by atoms with Gasteiger partial charge in [0.2, 0.25) is 11.8 Å². The van der Waals surface area contributed by atoms with E-state index in [1.165, 1.54) is 0 Å². The number of para-hydroxylation sites is 1. The Morgan fingerprint density at radius 3 is 2.61 bits per heavy atom. The van der Waals surface area contributed by atoms with Gasteiger partial charge in [-0.2, -0.15) is 0 Å². The summed E-state index contributed by atoms with van der Waals surface area (Å²) in [6.07, 6.45) is 1.03. The molecule has 0 atom stereocenters. The van der Waals surface area contributed by atoms with Gasteiger partial charge in [0.1, 0.15) is 5.01 Å². The zero-order chi connectivity index (χ0) is 16.9. The number of rotatable bonds is 6. The van der Waals surface area contributed by atoms with Gasteiger partial charge < -0.3 is 10.6 Å². The topological polar surface area (TPSA) is 71.1 Å². The van der Waals surface area contributed by atoms with Gasteiger partial charge in [-0.15, -0.1) is 11.3 Å². The molecule has 1 aromatic heterocycles. The highest BCUT2D eigenvalue weighted by Crippen LogP contribution is 2.21. The van der Waals surface area contributed by atoms with Crippen molar-refractivity contribution in [1.82, 2.24) is 15.6 Å². The van der Waals surface area contributed by atoms with Gasteiger partial charge in [-0.05, 0) is 18.6 Å². The van der Waals surface area contributed by atoms with E-state index < -0.39 is 5.41 Å². The maximum absolute atomic E-state index is 11.8. The number of thiazole rings is 1. The molecule has 2 aromatic rings. The normalized spacial score (nSPS) is 11.4. The first-order chi connectivity index (χ1) is 10.9. The van der Waals surface area contributed by atoms with Crippen LogP contribution in [0, 0.1) is 5.41 Å². The number of carbonyl (C=O) groups excluding carboxylic acids is 2. The van der Waals surface area contributed by atoms with E-state index in [-0.39, 0.29) is 11.8 Å². The molecular weight excluding hydrogens is 310 g/mol. The number of amides is 2. The van der Waals surface area contributed by atoms with Crippen LogP contribution in [0.15, 0.2) is 24.3 Å². The van der Waals surface area contributed by atoms with Crippen LogP contribution in [0.2, 0.25) is 0 Å². The van der Waals surface area contributed by atoms with Crippen molar-refractivity contribution in [3.63, 3.8) is 0 Å². The molecule has 0 fully saturated rings. The van der Waals surface area contributed by atoms with Crippen molar-refractivity contribution in [2.75, 3.05) is 6.54 Å². The Morgan fingerprint density at radius 1 is 1.17 bits per heavy atom. The molecule has 0 bridgehead atoms. The molecule has 23 heavy (non-hydrogen) atoms. The van der Waals surface area contributed by atoms with Gasteiger partial charge in [-0.3, -0.25) is 9.59 Å². The Hall–Kier alpha value is -1.95. The van der Waals surface area contributed by atoms with Crippen molar-refractivity contribution >= 4 is 33.4 Å². The van der Waals surface area contributed by atoms with E-state index in [1.807, 2.05) is 45.0 Å². The number of hydrogen-bond donors (Lipinski definition) is 2. The maximum Gasteiger partial charge on any atom is 0.225 e. The van der Waals surface area contributed by atoms with Crippen LogP contribution in [0.3, 0.4) is 0 Å². The van der Waals surface area contributed by atoms with Crippen molar-refractivity contribution in [3.8, 4) is 0 Å². The third kappa shape index (κ3) is 5.32. The molecule has 2 N–H and O–H groups in total. The number of hydrogen-bond acceptors (Lipinski definition) is 4. The number of fused-ring (bicyclic) bond motifs is 1. The Balaban J connectivity index is 1.68. The summed E-state index contributed by atoms with van der Waals surface area (Å²) in [5.74, 6) is -0.0124. The first-order valence-corrected chi connectivity index (χ1v) is 8.57. The van der Waals surface area contributed by atoms with Crippen LogP contribution in [0.25, 0.3) is 10.2 Å². The Kier molecular flexibility index (Phi) is 5.71. The Morgan fingerprint density at radius 2 is 1.91 bits per heavy atom. The number of nitrogens with zero attached hydrogens (tertiary/aromatic N) is 1. The second kappa shape index (κ2) is 7.55. The molecule has 1 aromatic carbocycles. The van der Waals surface area contributed by atoms with E-state index in [2.05, 4.69) is 15.6 Å². The largest absolute Gasteiger partial charge is 0.356 e. The molecule has 0 spiro atoms. The monoisotopic (exact) mass is 333 g/mol. The number of benzene rings is 1. The quantitative estimate of drug-likeness (QED) is 0.799. The lowest BCUT2D eigenvalue weighted by Crippen LogP contribution is -2.35. The Bertz CT molecular complexity index is 655. The van der Waals surface area contributed by atoms with Crippen LogP contribution in [0.4, 0.5) is 0 Å². The number of aromatic nitrogens is 1. The van der Waals surface area contributed by atoms with Crippen LogP contribution >= 0.6 is 11.3 Å². The minimum Gasteiger partial charge on any atom is -0.356 e. The number of nitrogens with one attached hydrogen (secondary N) is 2. The van der Waals surface area contributed by atoms with Gasteiger partial charge in [0.05, 0.1) is 16.8 Å². The van der Waals surface area contributed by atoms with E-state index in [1.54, 1.807) is 11.3 Å². The van der Waals surface area contributed by atoms with E-state index >= 15 is 0 Å². The van der Waals surface area contributed by atoms with Crippen molar-refractivity contribution in [2.45, 2.75) is 40.2 Å². The summed E-state index contributed by atoms with van der Waals surface area (Å²) in [5, 5.41) is 6.62. The summed E-state index contributed by atoms with van der Waals surface area (Å²) in [6.45, 7) is 6.57. The van der Waals surface area contributed by atoms with Crippen LogP contribution in [0.1, 0.15) is 38.6 Å². The molecule has 5 nitrogen and oxygen atoms in total. The zero-order valence-electron chi connectivity index (χ0n) is 13.8. The SMILES string of the molecule is CC(C)(C)C(=O)NCCCC(=O)NCc1nc2ccccc2s1. The van der Waals surface area contributed by atoms with Gasteiger partial charge in [0.25, 0.3) is 0 Å². The first kappa shape index (κ1) is 17.4. The number of carbonyl (C=O) groups is 2. The summed E-state index contributed by atoms with van der Waals surface area (Å²) in [7, 11) is 0. The molecule has 0 aliphatic heterocycles. The van der Waals surface area contributed by atoms with E-state index in [0.29, 0.717) is 25.9 Å². The summed E-state index contributed by atoms with van der Waals surface area (Å²) >= 11 is 1.59. The Labute approximate surface area is 140 Å². The fourth-order valence-corrected chi connectivity index (χ4v) is 2.88. The molecule has 124 valence electrons. The standard InChI is InChI=1S/C17H23N3O2S/c1-17(2,3)16(22)18-10-6-9-14(21)19-11-15-20-12-7-4-5-8-13(12)23-15/h4-5,7-8H,6,9-11H2,1-3H3,(H,18,22)(H,19,21). The molecular formula is C17H23N3O2S. The molecule has 2 rings (SSSR count). The highest BCUT2D eigenvalue weighted by atomic mass is 32.1. The van der Waals surface area contributed by atoms with Crippen molar-refractivity contribution < 1.29 is 9.59 Å². The third-order valence-electron chi connectivity index (χ3n) is 3.32. The molecule has 0 aliphatic carbocycles. The van der Waals surface area contributed by atoms with Crippen LogP contribution in [-0.4, -0.2) is 23.3 Å². The van der Waals surface area contributed by atoms with Gasteiger partial charge in [0.15, 0.2) is 0 Å². The fourth-order valence-electron chi connectivity index (χ4n) is 1.97. The summed E-state index contributed by atoms with van der Waals surface area (Å²) in [4.78, 5) is 28.0. The summed E-state index contributed by atoms with van der Waals surface area (Å²) in [6, 6.07) is 7.93. The first-order valence-electron chi connectivity index (χ1n) is 7.76. The van der Waals surface area contributed by atoms with Gasteiger partial charge in [0, 0.05) is 18.4 Å². The summed E-state index contributed by atoms with van der Waals surface area (Å²) < 4.78 is 1.13. The summed E-state index contributed by atoms with van der Waals surface area (Å²) in [5.41, 5.74) is 0.571. The van der Waals surface area contributed by atoms with Crippen LogP contribution in [0.5, 0.6) is 0 Å². The van der Waals surface area contributed by atoms with Gasteiger partial charge >= 0.3 is 0 Å². The smallest absolute Gasteiger partial charge is 0.225 e. The van der Waals surface area contributed by atoms with Crippen molar-refractivity contribution in [1.29, 1.82) is 0 Å². The van der Waals surface area contributed by atoms with E-state index in [9.17, 15) is 9.59 Å². The van der Waals surface area contributed by atoms with E-state index in [4.69, 9.17) is 0 Å². The van der Waals surface area contributed by atoms with Gasteiger partial charge in [-0.1, -0.05) is 32.9 Å². The molecule has 0 saturated heterocycles. The second-order valence-electron chi connectivity index (χ2n) is 6.46. The average Bonchev–Trinajstić information content (AvgIpc) is 2.91.